The quantitative estimate of drug-likeness (QED) is 0.657. The van der Waals surface area contributed by atoms with Crippen LogP contribution in [0.5, 0.6) is 0 Å². The fourth-order valence-electron chi connectivity index (χ4n) is 1.34. The summed E-state index contributed by atoms with van der Waals surface area (Å²) in [6.45, 7) is 1.11. The predicted octanol–water partition coefficient (Wildman–Crippen LogP) is 0.369. The summed E-state index contributed by atoms with van der Waals surface area (Å²) in [5.74, 6) is -1.76. The highest BCUT2D eigenvalue weighted by Gasteiger charge is 2.43. The second-order valence-electron chi connectivity index (χ2n) is 3.06. The van der Waals surface area contributed by atoms with Gasteiger partial charge in [-0.1, -0.05) is 0 Å². The maximum absolute atomic E-state index is 11.9. The van der Waals surface area contributed by atoms with Crippen LogP contribution in [0.2, 0.25) is 0 Å². The lowest BCUT2D eigenvalue weighted by molar-refractivity contribution is -0.185. The van der Waals surface area contributed by atoms with Crippen LogP contribution in [0.15, 0.2) is 0 Å². The molecule has 13 heavy (non-hydrogen) atoms. The van der Waals surface area contributed by atoms with Crippen LogP contribution in [-0.4, -0.2) is 43.2 Å². The summed E-state index contributed by atoms with van der Waals surface area (Å²) in [5, 5.41) is 2.90. The molecule has 6 heteroatoms. The zero-order valence-electron chi connectivity index (χ0n) is 7.19. The largest absolute Gasteiger partial charge is 0.471 e. The Morgan fingerprint density at radius 3 is 2.54 bits per heavy atom. The molecule has 0 spiro atoms. The molecule has 1 N–H and O–H groups in total. The minimum Gasteiger partial charge on any atom is -0.334 e. The zero-order valence-corrected chi connectivity index (χ0v) is 7.19. The minimum atomic E-state index is -4.75. The lowest BCUT2D eigenvalue weighted by Crippen LogP contribution is -2.45. The molecule has 1 atom stereocenters. The van der Waals surface area contributed by atoms with Gasteiger partial charge in [-0.3, -0.25) is 4.79 Å². The topological polar surface area (TPSA) is 32.3 Å². The standard InChI is InChI=1S/C7H11F3N2O/c1-12(5-2-3-11-4-5)6(13)7(8,9)10/h5,11H,2-4H2,1H3/t5-/m0/s1. The van der Waals surface area contributed by atoms with Gasteiger partial charge in [0.2, 0.25) is 0 Å². The van der Waals surface area contributed by atoms with Gasteiger partial charge in [0.15, 0.2) is 0 Å². The molecular formula is C7H11F3N2O. The number of nitrogens with zero attached hydrogens (tertiary/aromatic N) is 1. The molecule has 0 aromatic rings. The molecule has 1 amide bonds. The first kappa shape index (κ1) is 10.3. The van der Waals surface area contributed by atoms with E-state index in [1.807, 2.05) is 0 Å². The second kappa shape index (κ2) is 3.53. The average Bonchev–Trinajstić information content (AvgIpc) is 2.51. The first-order valence-corrected chi connectivity index (χ1v) is 3.97. The molecule has 1 rings (SSSR count). The van der Waals surface area contributed by atoms with Crippen LogP contribution in [0.1, 0.15) is 6.42 Å². The van der Waals surface area contributed by atoms with E-state index in [0.29, 0.717) is 19.5 Å². The Balaban J connectivity index is 2.56. The summed E-state index contributed by atoms with van der Waals surface area (Å²) in [5.41, 5.74) is 0. The molecule has 76 valence electrons. The molecule has 1 heterocycles. The normalized spacial score (nSPS) is 23.2. The summed E-state index contributed by atoms with van der Waals surface area (Å²) in [4.78, 5) is 11.5. The van der Waals surface area contributed by atoms with Gasteiger partial charge >= 0.3 is 12.1 Å². The van der Waals surface area contributed by atoms with Crippen molar-refractivity contribution in [3.8, 4) is 0 Å². The fourth-order valence-corrected chi connectivity index (χ4v) is 1.34. The molecule has 1 aliphatic heterocycles. The van der Waals surface area contributed by atoms with Crippen LogP contribution in [0.4, 0.5) is 13.2 Å². The molecule has 0 bridgehead atoms. The number of hydrogen-bond acceptors (Lipinski definition) is 2. The van der Waals surface area contributed by atoms with Gasteiger partial charge in [-0.15, -0.1) is 0 Å². The van der Waals surface area contributed by atoms with Gasteiger partial charge < -0.3 is 10.2 Å². The van der Waals surface area contributed by atoms with Crippen molar-refractivity contribution in [3.05, 3.63) is 0 Å². The van der Waals surface area contributed by atoms with E-state index in [9.17, 15) is 18.0 Å². The third-order valence-corrected chi connectivity index (χ3v) is 2.14. The Morgan fingerprint density at radius 1 is 1.54 bits per heavy atom. The number of nitrogens with one attached hydrogen (secondary N) is 1. The van der Waals surface area contributed by atoms with Gasteiger partial charge in [-0.25, -0.2) is 0 Å². The van der Waals surface area contributed by atoms with Crippen LogP contribution in [0, 0.1) is 0 Å². The number of carbonyl (C=O) groups is 1. The Bertz CT molecular complexity index is 198. The Hall–Kier alpha value is -0.780. The smallest absolute Gasteiger partial charge is 0.334 e. The van der Waals surface area contributed by atoms with E-state index in [1.165, 1.54) is 7.05 Å². The molecule has 1 aliphatic rings. The van der Waals surface area contributed by atoms with Crippen molar-refractivity contribution >= 4 is 5.91 Å². The summed E-state index contributed by atoms with van der Waals surface area (Å²) in [6.07, 6.45) is -4.17. The van der Waals surface area contributed by atoms with Crippen molar-refractivity contribution in [2.75, 3.05) is 20.1 Å². The summed E-state index contributed by atoms with van der Waals surface area (Å²) in [7, 11) is 1.19. The molecule has 0 aromatic heterocycles. The van der Waals surface area contributed by atoms with Crippen LogP contribution >= 0.6 is 0 Å². The van der Waals surface area contributed by atoms with Gasteiger partial charge in [-0.05, 0) is 13.0 Å². The SMILES string of the molecule is CN(C(=O)C(F)(F)F)[C@H]1CCNC1. The highest BCUT2D eigenvalue weighted by atomic mass is 19.4. The molecule has 1 fully saturated rings. The summed E-state index contributed by atoms with van der Waals surface area (Å²) < 4.78 is 35.8. The molecule has 0 aromatic carbocycles. The van der Waals surface area contributed by atoms with E-state index < -0.39 is 12.1 Å². The molecule has 0 aliphatic carbocycles. The lowest BCUT2D eigenvalue weighted by atomic mass is 10.2. The number of halogens is 3. The van der Waals surface area contributed by atoms with Gasteiger partial charge in [0.25, 0.3) is 0 Å². The monoisotopic (exact) mass is 196 g/mol. The Morgan fingerprint density at radius 2 is 2.15 bits per heavy atom. The second-order valence-corrected chi connectivity index (χ2v) is 3.06. The van der Waals surface area contributed by atoms with Crippen LogP contribution in [0.3, 0.4) is 0 Å². The van der Waals surface area contributed by atoms with Crippen molar-refractivity contribution in [1.82, 2.24) is 10.2 Å². The molecule has 0 saturated carbocycles. The number of likely N-dealkylation sites (N-methyl/N-ethyl adjacent to an activating group) is 1. The first-order chi connectivity index (χ1) is 5.93. The van der Waals surface area contributed by atoms with Crippen LogP contribution in [0.25, 0.3) is 0 Å². The summed E-state index contributed by atoms with van der Waals surface area (Å²) in [6, 6.07) is -0.325. The summed E-state index contributed by atoms with van der Waals surface area (Å²) >= 11 is 0. The van der Waals surface area contributed by atoms with Crippen LogP contribution < -0.4 is 5.32 Å². The number of alkyl halides is 3. The van der Waals surface area contributed by atoms with Gasteiger partial charge in [0.05, 0.1) is 0 Å². The predicted molar refractivity (Wildman–Crippen MR) is 40.1 cm³/mol. The van der Waals surface area contributed by atoms with E-state index in [-0.39, 0.29) is 6.04 Å². The van der Waals surface area contributed by atoms with E-state index in [4.69, 9.17) is 0 Å². The van der Waals surface area contributed by atoms with E-state index in [1.54, 1.807) is 0 Å². The molecule has 0 unspecified atom stereocenters. The average molecular weight is 196 g/mol. The number of rotatable bonds is 1. The van der Waals surface area contributed by atoms with Crippen molar-refractivity contribution in [3.63, 3.8) is 0 Å². The molecular weight excluding hydrogens is 185 g/mol. The first-order valence-electron chi connectivity index (χ1n) is 3.97. The third-order valence-electron chi connectivity index (χ3n) is 2.14. The Kier molecular flexibility index (Phi) is 2.80. The van der Waals surface area contributed by atoms with Gasteiger partial charge in [0.1, 0.15) is 0 Å². The fraction of sp³-hybridized carbons (Fsp3) is 0.857. The van der Waals surface area contributed by atoms with Crippen molar-refractivity contribution < 1.29 is 18.0 Å². The van der Waals surface area contributed by atoms with Gasteiger partial charge in [-0.2, -0.15) is 13.2 Å². The Labute approximate surface area is 73.9 Å². The number of hydrogen-bond donors (Lipinski definition) is 1. The highest BCUT2D eigenvalue weighted by molar-refractivity contribution is 5.81. The highest BCUT2D eigenvalue weighted by Crippen LogP contribution is 2.20. The maximum Gasteiger partial charge on any atom is 0.471 e. The molecule has 1 saturated heterocycles. The zero-order chi connectivity index (χ0) is 10.1. The maximum atomic E-state index is 11.9. The van der Waals surface area contributed by atoms with Crippen molar-refractivity contribution in [1.29, 1.82) is 0 Å². The van der Waals surface area contributed by atoms with Gasteiger partial charge in [0, 0.05) is 19.6 Å². The van der Waals surface area contributed by atoms with Crippen LogP contribution in [-0.2, 0) is 4.79 Å². The number of amides is 1. The lowest BCUT2D eigenvalue weighted by Gasteiger charge is -2.24. The molecule has 3 nitrogen and oxygen atoms in total. The van der Waals surface area contributed by atoms with Crippen molar-refractivity contribution in [2.45, 2.75) is 18.6 Å². The molecule has 0 radical (unpaired) electrons. The minimum absolute atomic E-state index is 0.325. The van der Waals surface area contributed by atoms with E-state index >= 15 is 0 Å². The van der Waals surface area contributed by atoms with E-state index in [2.05, 4.69) is 5.32 Å². The third kappa shape index (κ3) is 2.33. The van der Waals surface area contributed by atoms with Crippen molar-refractivity contribution in [2.24, 2.45) is 0 Å². The number of carbonyl (C=O) groups excluding carboxylic acids is 1. The van der Waals surface area contributed by atoms with E-state index in [0.717, 1.165) is 4.90 Å².